The summed E-state index contributed by atoms with van der Waals surface area (Å²) in [5.41, 5.74) is 6.72. The van der Waals surface area contributed by atoms with Crippen molar-refractivity contribution >= 4 is 24.0 Å². The summed E-state index contributed by atoms with van der Waals surface area (Å²) < 4.78 is 10.0. The highest BCUT2D eigenvalue weighted by atomic mass is 35.5. The highest BCUT2D eigenvalue weighted by Gasteiger charge is 2.04. The van der Waals surface area contributed by atoms with E-state index in [1.165, 1.54) is 0 Å². The van der Waals surface area contributed by atoms with Crippen molar-refractivity contribution in [3.05, 3.63) is 29.8 Å². The maximum absolute atomic E-state index is 11.6. The summed E-state index contributed by atoms with van der Waals surface area (Å²) >= 11 is 0. The lowest BCUT2D eigenvalue weighted by Gasteiger charge is -2.06. The van der Waals surface area contributed by atoms with Gasteiger partial charge in [0, 0.05) is 24.9 Å². The molecule has 3 N–H and O–H groups in total. The van der Waals surface area contributed by atoms with Crippen LogP contribution in [-0.4, -0.2) is 39.4 Å². The molecule has 0 aromatic heterocycles. The van der Waals surface area contributed by atoms with E-state index in [0.717, 1.165) is 0 Å². The normalized spacial score (nSPS) is 9.61. The fraction of sp³-hybridized carbons (Fsp3) is 0.417. The monoisotopic (exact) mass is 274 g/mol. The summed E-state index contributed by atoms with van der Waals surface area (Å²) in [6.07, 6.45) is 0. The molecule has 0 radical (unpaired) electrons. The van der Waals surface area contributed by atoms with Crippen LogP contribution in [0.2, 0.25) is 0 Å². The minimum absolute atomic E-state index is 0. The molecule has 0 spiro atoms. The summed E-state index contributed by atoms with van der Waals surface area (Å²) in [5.74, 6) is -0.146. The number of ether oxygens (including phenoxy) is 2. The predicted molar refractivity (Wildman–Crippen MR) is 73.1 cm³/mol. The molecule has 1 aromatic rings. The smallest absolute Gasteiger partial charge is 0.251 e. The number of carbonyl (C=O) groups excluding carboxylic acids is 1. The number of benzene rings is 1. The second kappa shape index (κ2) is 9.70. The van der Waals surface area contributed by atoms with Crippen LogP contribution in [0.1, 0.15) is 10.4 Å². The number of hydrogen-bond donors (Lipinski definition) is 2. The molecule has 0 atom stereocenters. The molecule has 6 heteroatoms. The summed E-state index contributed by atoms with van der Waals surface area (Å²) in [6, 6.07) is 6.85. The lowest BCUT2D eigenvalue weighted by molar-refractivity contribution is 0.0693. The molecule has 0 saturated carbocycles. The first-order valence-electron chi connectivity index (χ1n) is 5.44. The maximum atomic E-state index is 11.6. The minimum atomic E-state index is -0.146. The molecule has 0 fully saturated rings. The van der Waals surface area contributed by atoms with Gasteiger partial charge in [-0.1, -0.05) is 6.07 Å². The van der Waals surface area contributed by atoms with E-state index in [1.807, 2.05) is 0 Å². The van der Waals surface area contributed by atoms with Gasteiger partial charge in [0.15, 0.2) is 0 Å². The number of rotatable bonds is 7. The molecule has 0 unspecified atom stereocenters. The van der Waals surface area contributed by atoms with Gasteiger partial charge in [-0.05, 0) is 18.2 Å². The molecule has 0 heterocycles. The van der Waals surface area contributed by atoms with Crippen molar-refractivity contribution in [1.29, 1.82) is 0 Å². The fourth-order valence-corrected chi connectivity index (χ4v) is 1.26. The van der Waals surface area contributed by atoms with Crippen molar-refractivity contribution in [3.63, 3.8) is 0 Å². The first kappa shape index (κ1) is 16.7. The molecule has 0 aliphatic rings. The van der Waals surface area contributed by atoms with Gasteiger partial charge >= 0.3 is 0 Å². The van der Waals surface area contributed by atoms with Crippen molar-refractivity contribution in [2.75, 3.05) is 39.2 Å². The van der Waals surface area contributed by atoms with Crippen molar-refractivity contribution in [2.24, 2.45) is 0 Å². The third-order valence-corrected chi connectivity index (χ3v) is 2.11. The predicted octanol–water partition coefficient (Wildman–Crippen LogP) is 1.08. The first-order valence-corrected chi connectivity index (χ1v) is 5.44. The number of halogens is 1. The Bertz CT molecular complexity index is 361. The summed E-state index contributed by atoms with van der Waals surface area (Å²) in [4.78, 5) is 11.6. The molecule has 1 aromatic carbocycles. The van der Waals surface area contributed by atoms with Crippen LogP contribution in [0.15, 0.2) is 24.3 Å². The van der Waals surface area contributed by atoms with Crippen molar-refractivity contribution in [3.8, 4) is 0 Å². The van der Waals surface area contributed by atoms with Gasteiger partial charge < -0.3 is 20.5 Å². The average molecular weight is 275 g/mol. The topological polar surface area (TPSA) is 73.6 Å². The number of amides is 1. The third kappa shape index (κ3) is 6.44. The van der Waals surface area contributed by atoms with Crippen LogP contribution in [0.25, 0.3) is 0 Å². The van der Waals surface area contributed by atoms with E-state index in [0.29, 0.717) is 37.6 Å². The van der Waals surface area contributed by atoms with Crippen LogP contribution in [0.5, 0.6) is 0 Å². The molecule has 0 aliphatic carbocycles. The Hall–Kier alpha value is -1.30. The van der Waals surface area contributed by atoms with Crippen LogP contribution in [0, 0.1) is 0 Å². The van der Waals surface area contributed by atoms with E-state index in [4.69, 9.17) is 15.2 Å². The van der Waals surface area contributed by atoms with Crippen LogP contribution in [0.4, 0.5) is 5.69 Å². The zero-order valence-corrected chi connectivity index (χ0v) is 11.2. The van der Waals surface area contributed by atoms with Gasteiger partial charge in [-0.3, -0.25) is 4.79 Å². The molecule has 0 bridgehead atoms. The number of methoxy groups -OCH3 is 1. The first-order chi connectivity index (χ1) is 8.24. The SMILES string of the molecule is COCCOCCNC(=O)c1cccc(N)c1.Cl. The number of carbonyl (C=O) groups is 1. The van der Waals surface area contributed by atoms with Crippen molar-refractivity contribution in [1.82, 2.24) is 5.32 Å². The van der Waals surface area contributed by atoms with E-state index in [-0.39, 0.29) is 18.3 Å². The van der Waals surface area contributed by atoms with Crippen molar-refractivity contribution in [2.45, 2.75) is 0 Å². The van der Waals surface area contributed by atoms with Crippen molar-refractivity contribution < 1.29 is 14.3 Å². The molecule has 102 valence electrons. The van der Waals surface area contributed by atoms with E-state index >= 15 is 0 Å². The number of nitrogens with one attached hydrogen (secondary N) is 1. The third-order valence-electron chi connectivity index (χ3n) is 2.11. The van der Waals surface area contributed by atoms with Crippen LogP contribution in [0.3, 0.4) is 0 Å². The number of nitrogen functional groups attached to an aromatic ring is 1. The maximum Gasteiger partial charge on any atom is 0.251 e. The number of anilines is 1. The largest absolute Gasteiger partial charge is 0.399 e. The lowest BCUT2D eigenvalue weighted by atomic mass is 10.2. The second-order valence-electron chi connectivity index (χ2n) is 3.49. The van der Waals surface area contributed by atoms with Gasteiger partial charge in [0.1, 0.15) is 0 Å². The molecule has 1 rings (SSSR count). The number of nitrogens with two attached hydrogens (primary N) is 1. The zero-order valence-electron chi connectivity index (χ0n) is 10.3. The number of hydrogen-bond acceptors (Lipinski definition) is 4. The molecular formula is C12H19ClN2O3. The van der Waals surface area contributed by atoms with Crippen LogP contribution in [-0.2, 0) is 9.47 Å². The zero-order chi connectivity index (χ0) is 12.5. The second-order valence-corrected chi connectivity index (χ2v) is 3.49. The average Bonchev–Trinajstić information content (AvgIpc) is 2.33. The summed E-state index contributed by atoms with van der Waals surface area (Å²) in [7, 11) is 1.62. The van der Waals surface area contributed by atoms with Crippen LogP contribution >= 0.6 is 12.4 Å². The standard InChI is InChI=1S/C12H18N2O3.ClH/c1-16-7-8-17-6-5-14-12(15)10-3-2-4-11(13)9-10;/h2-4,9H,5-8,13H2,1H3,(H,14,15);1H. The Morgan fingerprint density at radius 2 is 2.11 bits per heavy atom. The van der Waals surface area contributed by atoms with Gasteiger partial charge in [-0.15, -0.1) is 12.4 Å². The van der Waals surface area contributed by atoms with E-state index < -0.39 is 0 Å². The fourth-order valence-electron chi connectivity index (χ4n) is 1.26. The van der Waals surface area contributed by atoms with Gasteiger partial charge in [0.05, 0.1) is 19.8 Å². The van der Waals surface area contributed by atoms with Gasteiger partial charge in [-0.2, -0.15) is 0 Å². The highest BCUT2D eigenvalue weighted by molar-refractivity contribution is 5.94. The molecular weight excluding hydrogens is 256 g/mol. The molecule has 18 heavy (non-hydrogen) atoms. The Morgan fingerprint density at radius 1 is 1.33 bits per heavy atom. The van der Waals surface area contributed by atoms with E-state index in [1.54, 1.807) is 31.4 Å². The Labute approximate surface area is 113 Å². The Morgan fingerprint density at radius 3 is 2.78 bits per heavy atom. The van der Waals surface area contributed by atoms with Gasteiger partial charge in [-0.25, -0.2) is 0 Å². The summed E-state index contributed by atoms with van der Waals surface area (Å²) in [5, 5.41) is 2.74. The summed E-state index contributed by atoms with van der Waals surface area (Å²) in [6.45, 7) is 2.03. The molecule has 0 aliphatic heterocycles. The van der Waals surface area contributed by atoms with Crippen LogP contribution < -0.4 is 11.1 Å². The molecule has 0 saturated heterocycles. The van der Waals surface area contributed by atoms with E-state index in [2.05, 4.69) is 5.32 Å². The Balaban J connectivity index is 0.00000289. The van der Waals surface area contributed by atoms with E-state index in [9.17, 15) is 4.79 Å². The van der Waals surface area contributed by atoms with Gasteiger partial charge in [0.25, 0.3) is 5.91 Å². The Kier molecular flexibility index (Phi) is 9.00. The highest BCUT2D eigenvalue weighted by Crippen LogP contribution is 2.05. The minimum Gasteiger partial charge on any atom is -0.399 e. The lowest BCUT2D eigenvalue weighted by Crippen LogP contribution is -2.27. The molecule has 1 amide bonds. The quantitative estimate of drug-likeness (QED) is 0.576. The molecule has 5 nitrogen and oxygen atoms in total. The van der Waals surface area contributed by atoms with Gasteiger partial charge in [0.2, 0.25) is 0 Å².